The highest BCUT2D eigenvalue weighted by atomic mass is 32.2. The summed E-state index contributed by atoms with van der Waals surface area (Å²) < 4.78 is 62.9. The van der Waals surface area contributed by atoms with Crippen LogP contribution >= 0.6 is 0 Å². The molecule has 2 aromatic rings. The Hall–Kier alpha value is -2.66. The highest BCUT2D eigenvalue weighted by Crippen LogP contribution is 2.32. The van der Waals surface area contributed by atoms with Crippen molar-refractivity contribution in [1.82, 2.24) is 4.98 Å². The Morgan fingerprint density at radius 2 is 1.71 bits per heavy atom. The number of sulfonamides is 1. The Bertz CT molecular complexity index is 1050. The topological polar surface area (TPSA) is 105 Å². The number of nitrogens with zero attached hydrogens (tertiary/aromatic N) is 2. The molecule has 0 bridgehead atoms. The number of amides is 1. The van der Waals surface area contributed by atoms with Gasteiger partial charge >= 0.3 is 6.18 Å². The van der Waals surface area contributed by atoms with Gasteiger partial charge in [-0.3, -0.25) is 4.79 Å². The van der Waals surface area contributed by atoms with Gasteiger partial charge < -0.3 is 10.2 Å². The van der Waals surface area contributed by atoms with E-state index in [0.717, 1.165) is 50.4 Å². The second-order valence-corrected chi connectivity index (χ2v) is 8.94. The maximum Gasteiger partial charge on any atom is 0.417 e. The molecule has 7 nitrogen and oxygen atoms in total. The maximum atomic E-state index is 13.3. The molecule has 1 aromatic carbocycles. The lowest BCUT2D eigenvalue weighted by Gasteiger charge is -2.27. The van der Waals surface area contributed by atoms with Gasteiger partial charge in [-0.05, 0) is 37.1 Å². The molecule has 0 atom stereocenters. The van der Waals surface area contributed by atoms with Gasteiger partial charge in [0, 0.05) is 25.0 Å². The van der Waals surface area contributed by atoms with Crippen LogP contribution in [0.3, 0.4) is 0 Å². The first-order valence-electron chi connectivity index (χ1n) is 9.82. The number of nitrogens with two attached hydrogens (primary N) is 1. The Morgan fingerprint density at radius 3 is 2.32 bits per heavy atom. The van der Waals surface area contributed by atoms with Crippen molar-refractivity contribution < 1.29 is 26.4 Å². The SMILES string of the molecule is NS(=O)(=O)c1cccc(NC(=O)c2cc(C(F)(F)F)cnc2N2CCCCCCC2)c1. The Balaban J connectivity index is 1.97. The smallest absolute Gasteiger partial charge is 0.356 e. The van der Waals surface area contributed by atoms with Gasteiger partial charge in [-0.1, -0.05) is 25.3 Å². The minimum Gasteiger partial charge on any atom is -0.356 e. The van der Waals surface area contributed by atoms with Crippen LogP contribution in [0.1, 0.15) is 48.0 Å². The van der Waals surface area contributed by atoms with E-state index < -0.39 is 27.7 Å². The summed E-state index contributed by atoms with van der Waals surface area (Å²) in [5.74, 6) is -0.641. The van der Waals surface area contributed by atoms with Gasteiger partial charge in [0.25, 0.3) is 5.91 Å². The molecule has 3 N–H and O–H groups in total. The predicted molar refractivity (Wildman–Crippen MR) is 110 cm³/mol. The highest BCUT2D eigenvalue weighted by molar-refractivity contribution is 7.89. The molecular weight excluding hydrogens is 433 g/mol. The Morgan fingerprint density at radius 1 is 1.06 bits per heavy atom. The minimum atomic E-state index is -4.66. The molecule has 1 aromatic heterocycles. The molecule has 11 heteroatoms. The third-order valence-corrected chi connectivity index (χ3v) is 5.93. The second kappa shape index (κ2) is 9.23. The zero-order valence-corrected chi connectivity index (χ0v) is 17.5. The number of aromatic nitrogens is 1. The molecule has 0 aliphatic carbocycles. The Labute approximate surface area is 178 Å². The zero-order chi connectivity index (χ0) is 22.6. The summed E-state index contributed by atoms with van der Waals surface area (Å²) in [6.45, 7) is 1.17. The van der Waals surface area contributed by atoms with Crippen molar-refractivity contribution in [2.75, 3.05) is 23.3 Å². The van der Waals surface area contributed by atoms with E-state index in [2.05, 4.69) is 10.3 Å². The summed E-state index contributed by atoms with van der Waals surface area (Å²) in [7, 11) is -4.01. The molecule has 0 radical (unpaired) electrons. The van der Waals surface area contributed by atoms with Crippen molar-refractivity contribution in [2.24, 2.45) is 5.14 Å². The van der Waals surface area contributed by atoms with Crippen LogP contribution in [0.15, 0.2) is 41.4 Å². The molecular formula is C20H23F3N4O3S. The van der Waals surface area contributed by atoms with Gasteiger partial charge in [-0.2, -0.15) is 13.2 Å². The summed E-state index contributed by atoms with van der Waals surface area (Å²) >= 11 is 0. The maximum absolute atomic E-state index is 13.3. The van der Waals surface area contributed by atoms with Crippen molar-refractivity contribution in [3.05, 3.63) is 47.7 Å². The average molecular weight is 456 g/mol. The van der Waals surface area contributed by atoms with Crippen molar-refractivity contribution >= 4 is 27.4 Å². The number of primary sulfonamides is 1. The molecule has 1 amide bonds. The Kier molecular flexibility index (Phi) is 6.85. The van der Waals surface area contributed by atoms with Crippen molar-refractivity contribution in [1.29, 1.82) is 0 Å². The average Bonchev–Trinajstić information content (AvgIpc) is 2.66. The number of carbonyl (C=O) groups excluding carboxylic acids is 1. The third kappa shape index (κ3) is 5.95. The van der Waals surface area contributed by atoms with E-state index >= 15 is 0 Å². The fourth-order valence-electron chi connectivity index (χ4n) is 3.44. The first-order chi connectivity index (χ1) is 14.6. The first kappa shape index (κ1) is 23.0. The van der Waals surface area contributed by atoms with Crippen LogP contribution in [0.2, 0.25) is 0 Å². The highest BCUT2D eigenvalue weighted by Gasteiger charge is 2.33. The molecule has 31 heavy (non-hydrogen) atoms. The second-order valence-electron chi connectivity index (χ2n) is 7.37. The van der Waals surface area contributed by atoms with E-state index in [0.29, 0.717) is 13.1 Å². The van der Waals surface area contributed by atoms with E-state index in [1.165, 1.54) is 18.2 Å². The minimum absolute atomic E-state index is 0.0903. The molecule has 2 heterocycles. The van der Waals surface area contributed by atoms with Crippen molar-refractivity contribution in [2.45, 2.75) is 43.2 Å². The van der Waals surface area contributed by atoms with E-state index in [4.69, 9.17) is 5.14 Å². The first-order valence-corrected chi connectivity index (χ1v) is 11.4. The summed E-state index contributed by atoms with van der Waals surface area (Å²) in [5, 5.41) is 7.57. The van der Waals surface area contributed by atoms with Crippen molar-refractivity contribution in [3.63, 3.8) is 0 Å². The van der Waals surface area contributed by atoms with Crippen LogP contribution in [0, 0.1) is 0 Å². The third-order valence-electron chi connectivity index (χ3n) is 5.01. The quantitative estimate of drug-likeness (QED) is 0.729. The van der Waals surface area contributed by atoms with E-state index in [9.17, 15) is 26.4 Å². The molecule has 3 rings (SSSR count). The zero-order valence-electron chi connectivity index (χ0n) is 16.7. The number of alkyl halides is 3. The largest absolute Gasteiger partial charge is 0.417 e. The number of pyridine rings is 1. The van der Waals surface area contributed by atoms with E-state index in [1.807, 2.05) is 4.90 Å². The number of hydrogen-bond donors (Lipinski definition) is 2. The number of nitrogens with one attached hydrogen (secondary N) is 1. The molecule has 1 aliphatic rings. The molecule has 1 fully saturated rings. The van der Waals surface area contributed by atoms with Gasteiger partial charge in [0.15, 0.2) is 0 Å². The molecule has 168 valence electrons. The summed E-state index contributed by atoms with van der Waals surface area (Å²) in [6.07, 6.45) is 0.858. The number of benzene rings is 1. The number of hydrogen-bond acceptors (Lipinski definition) is 5. The number of rotatable bonds is 4. The summed E-state index contributed by atoms with van der Waals surface area (Å²) in [5.41, 5.74) is -1.17. The van der Waals surface area contributed by atoms with Crippen LogP contribution < -0.4 is 15.4 Å². The van der Waals surface area contributed by atoms with E-state index in [-0.39, 0.29) is 22.0 Å². The fraction of sp³-hybridized carbons (Fsp3) is 0.400. The normalized spacial score (nSPS) is 15.8. The van der Waals surface area contributed by atoms with Gasteiger partial charge in [0.05, 0.1) is 16.0 Å². The lowest BCUT2D eigenvalue weighted by Crippen LogP contribution is -2.31. The molecule has 1 aliphatic heterocycles. The summed E-state index contributed by atoms with van der Waals surface area (Å²) in [6, 6.07) is 5.97. The van der Waals surface area contributed by atoms with Gasteiger partial charge in [-0.25, -0.2) is 18.5 Å². The molecule has 0 saturated carbocycles. The van der Waals surface area contributed by atoms with Crippen LogP contribution in [-0.4, -0.2) is 32.4 Å². The fourth-order valence-corrected chi connectivity index (χ4v) is 4.00. The van der Waals surface area contributed by atoms with E-state index in [1.54, 1.807) is 0 Å². The van der Waals surface area contributed by atoms with Gasteiger partial charge in [-0.15, -0.1) is 0 Å². The number of anilines is 2. The molecule has 1 saturated heterocycles. The van der Waals surface area contributed by atoms with Crippen LogP contribution in [-0.2, 0) is 16.2 Å². The molecule has 0 spiro atoms. The monoisotopic (exact) mass is 456 g/mol. The lowest BCUT2D eigenvalue weighted by molar-refractivity contribution is -0.137. The van der Waals surface area contributed by atoms with Crippen LogP contribution in [0.25, 0.3) is 0 Å². The van der Waals surface area contributed by atoms with Crippen LogP contribution in [0.4, 0.5) is 24.7 Å². The summed E-state index contributed by atoms with van der Waals surface area (Å²) in [4.78, 5) is 18.5. The van der Waals surface area contributed by atoms with Gasteiger partial charge in [0.2, 0.25) is 10.0 Å². The number of halogens is 3. The standard InChI is InChI=1S/C20H23F3N4O3S/c21-20(22,23)14-11-17(18(25-13-14)27-9-4-2-1-3-5-10-27)19(28)26-15-7-6-8-16(12-15)31(24,29)30/h6-8,11-13H,1-5,9-10H2,(H,26,28)(H2,24,29,30). The van der Waals surface area contributed by atoms with Crippen LogP contribution in [0.5, 0.6) is 0 Å². The number of carbonyl (C=O) groups is 1. The van der Waals surface area contributed by atoms with Crippen molar-refractivity contribution in [3.8, 4) is 0 Å². The predicted octanol–water partition coefficient (Wildman–Crippen LogP) is 3.77. The van der Waals surface area contributed by atoms with Gasteiger partial charge in [0.1, 0.15) is 5.82 Å². The lowest BCUT2D eigenvalue weighted by atomic mass is 10.1. The molecule has 0 unspecified atom stereocenters.